The highest BCUT2D eigenvalue weighted by molar-refractivity contribution is 5.79. The lowest BCUT2D eigenvalue weighted by Gasteiger charge is -2.36. The smallest absolute Gasteiger partial charge is 0.223 e. The second kappa shape index (κ2) is 6.23. The Morgan fingerprint density at radius 3 is 2.11 bits per heavy atom. The third kappa shape index (κ3) is 4.77. The van der Waals surface area contributed by atoms with Gasteiger partial charge in [0, 0.05) is 5.92 Å². The van der Waals surface area contributed by atoms with Gasteiger partial charge in [-0.2, -0.15) is 0 Å². The van der Waals surface area contributed by atoms with Gasteiger partial charge in [0.05, 0.1) is 23.9 Å². The largest absolute Gasteiger partial charge is 0.388 e. The first kappa shape index (κ1) is 16.4. The number of amides is 1. The van der Waals surface area contributed by atoms with E-state index in [1.807, 2.05) is 27.7 Å². The van der Waals surface area contributed by atoms with E-state index in [0.717, 1.165) is 12.8 Å². The van der Waals surface area contributed by atoms with Gasteiger partial charge in [-0.15, -0.1) is 0 Å². The molecule has 0 aliphatic carbocycles. The fraction of sp³-hybridized carbons (Fsp3) is 0.933. The maximum absolute atomic E-state index is 12.4. The number of nitrogens with one attached hydrogen (secondary N) is 1. The Labute approximate surface area is 116 Å². The number of carbonyl (C=O) groups excluding carboxylic acids is 1. The van der Waals surface area contributed by atoms with Crippen LogP contribution in [0.4, 0.5) is 0 Å². The summed E-state index contributed by atoms with van der Waals surface area (Å²) >= 11 is 0. The van der Waals surface area contributed by atoms with Gasteiger partial charge in [0.25, 0.3) is 0 Å². The van der Waals surface area contributed by atoms with Crippen LogP contribution in [0.5, 0.6) is 0 Å². The van der Waals surface area contributed by atoms with Gasteiger partial charge < -0.3 is 15.2 Å². The van der Waals surface area contributed by atoms with Gasteiger partial charge in [0.2, 0.25) is 5.91 Å². The van der Waals surface area contributed by atoms with Crippen molar-refractivity contribution in [2.75, 3.05) is 0 Å². The van der Waals surface area contributed by atoms with E-state index in [-0.39, 0.29) is 36.0 Å². The van der Waals surface area contributed by atoms with Crippen LogP contribution in [0.3, 0.4) is 0 Å². The van der Waals surface area contributed by atoms with Crippen molar-refractivity contribution in [2.24, 2.45) is 11.8 Å². The first-order valence-corrected chi connectivity index (χ1v) is 7.29. The van der Waals surface area contributed by atoms with Crippen molar-refractivity contribution in [3.63, 3.8) is 0 Å². The molecule has 2 unspecified atom stereocenters. The summed E-state index contributed by atoms with van der Waals surface area (Å²) in [5, 5.41) is 13.2. The molecule has 4 heteroatoms. The minimum absolute atomic E-state index is 0.0117. The van der Waals surface area contributed by atoms with E-state index in [1.165, 1.54) is 0 Å². The third-order valence-corrected chi connectivity index (χ3v) is 3.79. The summed E-state index contributed by atoms with van der Waals surface area (Å²) in [6, 6.07) is -0.228. The molecule has 0 saturated carbocycles. The molecule has 0 aromatic carbocycles. The molecule has 1 fully saturated rings. The average Bonchev–Trinajstić information content (AvgIpc) is 2.21. The van der Waals surface area contributed by atoms with E-state index >= 15 is 0 Å². The van der Waals surface area contributed by atoms with Gasteiger partial charge in [-0.05, 0) is 46.5 Å². The van der Waals surface area contributed by atoms with Crippen LogP contribution < -0.4 is 5.32 Å². The summed E-state index contributed by atoms with van der Waals surface area (Å²) in [6.45, 7) is 11.5. The zero-order chi connectivity index (χ0) is 14.8. The summed E-state index contributed by atoms with van der Waals surface area (Å²) in [5.41, 5.74) is -0.910. The highest BCUT2D eigenvalue weighted by atomic mass is 16.5. The molecular formula is C15H29NO3. The summed E-state index contributed by atoms with van der Waals surface area (Å²) < 4.78 is 5.66. The Bertz CT molecular complexity index is 299. The van der Waals surface area contributed by atoms with Crippen LogP contribution in [0.2, 0.25) is 0 Å². The molecular weight excluding hydrogens is 242 g/mol. The van der Waals surface area contributed by atoms with Crippen molar-refractivity contribution in [2.45, 2.75) is 78.2 Å². The van der Waals surface area contributed by atoms with E-state index in [0.29, 0.717) is 0 Å². The van der Waals surface area contributed by atoms with E-state index in [4.69, 9.17) is 4.74 Å². The summed E-state index contributed by atoms with van der Waals surface area (Å²) in [7, 11) is 0. The van der Waals surface area contributed by atoms with Crippen molar-refractivity contribution < 1.29 is 14.6 Å². The number of hydrogen-bond acceptors (Lipinski definition) is 3. The maximum atomic E-state index is 12.4. The standard InChI is InChI=1S/C15H29NO3/c1-9(2)13(15(5,6)18)16-14(17)12-7-10(3)19-11(4)8-12/h9-13,18H,7-8H2,1-6H3,(H,16,17)/t10?,11?,12?,13-/m0/s1. The highest BCUT2D eigenvalue weighted by Gasteiger charge is 2.35. The number of ether oxygens (including phenoxy) is 1. The molecule has 4 nitrogen and oxygen atoms in total. The summed E-state index contributed by atoms with van der Waals surface area (Å²) in [4.78, 5) is 12.4. The second-order valence-electron chi connectivity index (χ2n) is 6.81. The second-order valence-corrected chi connectivity index (χ2v) is 6.81. The van der Waals surface area contributed by atoms with Gasteiger partial charge in [-0.3, -0.25) is 4.79 Å². The van der Waals surface area contributed by atoms with E-state index < -0.39 is 5.60 Å². The molecule has 0 radical (unpaired) electrons. The van der Waals surface area contributed by atoms with E-state index in [9.17, 15) is 9.90 Å². The lowest BCUT2D eigenvalue weighted by molar-refractivity contribution is -0.136. The Morgan fingerprint density at radius 1 is 1.26 bits per heavy atom. The van der Waals surface area contributed by atoms with Gasteiger partial charge in [-0.1, -0.05) is 13.8 Å². The van der Waals surface area contributed by atoms with E-state index in [2.05, 4.69) is 5.32 Å². The number of hydrogen-bond donors (Lipinski definition) is 2. The molecule has 0 bridgehead atoms. The highest BCUT2D eigenvalue weighted by Crippen LogP contribution is 2.26. The molecule has 0 spiro atoms. The molecule has 1 saturated heterocycles. The average molecular weight is 271 g/mol. The Morgan fingerprint density at radius 2 is 1.74 bits per heavy atom. The molecule has 1 rings (SSSR count). The van der Waals surface area contributed by atoms with Gasteiger partial charge in [0.15, 0.2) is 0 Å². The van der Waals surface area contributed by atoms with Crippen LogP contribution in [0, 0.1) is 11.8 Å². The fourth-order valence-corrected chi connectivity index (χ4v) is 3.05. The van der Waals surface area contributed by atoms with Crippen LogP contribution in [0.15, 0.2) is 0 Å². The Hall–Kier alpha value is -0.610. The van der Waals surface area contributed by atoms with E-state index in [1.54, 1.807) is 13.8 Å². The van der Waals surface area contributed by atoms with Crippen molar-refractivity contribution in [3.8, 4) is 0 Å². The number of carbonyl (C=O) groups is 1. The zero-order valence-electron chi connectivity index (χ0n) is 13.1. The third-order valence-electron chi connectivity index (χ3n) is 3.79. The Balaban J connectivity index is 2.67. The molecule has 112 valence electrons. The Kier molecular flexibility index (Phi) is 5.39. The minimum atomic E-state index is -0.910. The molecule has 2 N–H and O–H groups in total. The first-order valence-electron chi connectivity index (χ1n) is 7.29. The van der Waals surface area contributed by atoms with Gasteiger partial charge in [0.1, 0.15) is 0 Å². The molecule has 3 atom stereocenters. The molecule has 1 heterocycles. The lowest BCUT2D eigenvalue weighted by atomic mass is 9.87. The summed E-state index contributed by atoms with van der Waals surface area (Å²) in [6.07, 6.45) is 1.76. The van der Waals surface area contributed by atoms with Crippen molar-refractivity contribution in [3.05, 3.63) is 0 Å². The van der Waals surface area contributed by atoms with Crippen molar-refractivity contribution >= 4 is 5.91 Å². The molecule has 1 amide bonds. The minimum Gasteiger partial charge on any atom is -0.388 e. The van der Waals surface area contributed by atoms with Crippen LogP contribution in [0.25, 0.3) is 0 Å². The predicted octanol–water partition coefficient (Wildman–Crippen LogP) is 2.10. The molecule has 1 aliphatic rings. The quantitative estimate of drug-likeness (QED) is 0.823. The maximum Gasteiger partial charge on any atom is 0.223 e. The van der Waals surface area contributed by atoms with Gasteiger partial charge >= 0.3 is 0 Å². The van der Waals surface area contributed by atoms with Crippen LogP contribution in [-0.2, 0) is 9.53 Å². The summed E-state index contributed by atoms with van der Waals surface area (Å²) in [5.74, 6) is 0.226. The lowest BCUT2D eigenvalue weighted by Crippen LogP contribution is -2.54. The molecule has 1 aliphatic heterocycles. The zero-order valence-corrected chi connectivity index (χ0v) is 13.1. The van der Waals surface area contributed by atoms with Crippen molar-refractivity contribution in [1.82, 2.24) is 5.32 Å². The first-order chi connectivity index (χ1) is 8.61. The topological polar surface area (TPSA) is 58.6 Å². The van der Waals surface area contributed by atoms with Crippen LogP contribution in [0.1, 0.15) is 54.4 Å². The fourth-order valence-electron chi connectivity index (χ4n) is 3.05. The molecule has 19 heavy (non-hydrogen) atoms. The molecule has 0 aromatic rings. The monoisotopic (exact) mass is 271 g/mol. The number of aliphatic hydroxyl groups is 1. The molecule has 0 aromatic heterocycles. The van der Waals surface area contributed by atoms with Crippen LogP contribution in [-0.4, -0.2) is 34.9 Å². The predicted molar refractivity (Wildman–Crippen MR) is 75.8 cm³/mol. The van der Waals surface area contributed by atoms with Crippen LogP contribution >= 0.6 is 0 Å². The number of rotatable bonds is 4. The van der Waals surface area contributed by atoms with Crippen molar-refractivity contribution in [1.29, 1.82) is 0 Å². The van der Waals surface area contributed by atoms with Gasteiger partial charge in [-0.25, -0.2) is 0 Å². The SMILES string of the molecule is CC1CC(C(=O)N[C@@H](C(C)C)C(C)(C)O)CC(C)O1. The normalized spacial score (nSPS) is 30.2.